The second kappa shape index (κ2) is 11.0. The van der Waals surface area contributed by atoms with Gasteiger partial charge < -0.3 is 10.1 Å². The van der Waals surface area contributed by atoms with Crippen molar-refractivity contribution < 1.29 is 17.9 Å². The van der Waals surface area contributed by atoms with Gasteiger partial charge in [0.15, 0.2) is 0 Å². The zero-order chi connectivity index (χ0) is 22.1. The molecule has 1 N–H and O–H groups in total. The monoisotopic (exact) mass is 432 g/mol. The summed E-state index contributed by atoms with van der Waals surface area (Å²) < 4.78 is 33.3. The summed E-state index contributed by atoms with van der Waals surface area (Å²) in [6.45, 7) is 6.60. The second-order valence-electron chi connectivity index (χ2n) is 7.33. The lowest BCUT2D eigenvalue weighted by molar-refractivity contribution is -0.120. The molecule has 2 rings (SSSR count). The number of aryl methyl sites for hydroxylation is 2. The lowest BCUT2D eigenvalue weighted by Gasteiger charge is -2.25. The number of carbonyl (C=O) groups is 1. The Morgan fingerprint density at radius 3 is 2.33 bits per heavy atom. The molecule has 6 nitrogen and oxygen atoms in total. The van der Waals surface area contributed by atoms with Gasteiger partial charge in [0.1, 0.15) is 5.75 Å². The summed E-state index contributed by atoms with van der Waals surface area (Å²) in [6.07, 6.45) is 3.14. The highest BCUT2D eigenvalue weighted by atomic mass is 32.2. The van der Waals surface area contributed by atoms with Crippen LogP contribution in [-0.2, 0) is 14.8 Å². The number of sulfonamides is 1. The van der Waals surface area contributed by atoms with Crippen molar-refractivity contribution in [2.45, 2.75) is 51.3 Å². The normalized spacial score (nSPS) is 11.2. The van der Waals surface area contributed by atoms with Crippen LogP contribution in [0, 0.1) is 13.8 Å². The smallest absolute Gasteiger partial charge is 0.264 e. The molecule has 0 spiro atoms. The average molecular weight is 433 g/mol. The maximum atomic E-state index is 13.4. The van der Waals surface area contributed by atoms with Crippen LogP contribution >= 0.6 is 0 Å². The van der Waals surface area contributed by atoms with Crippen molar-refractivity contribution in [2.75, 3.05) is 24.5 Å². The van der Waals surface area contributed by atoms with Crippen molar-refractivity contribution in [1.29, 1.82) is 0 Å². The number of nitrogens with zero attached hydrogens (tertiary/aromatic N) is 1. The summed E-state index contributed by atoms with van der Waals surface area (Å²) in [5.74, 6) is 0.482. The number of amides is 1. The van der Waals surface area contributed by atoms with Crippen LogP contribution < -0.4 is 14.4 Å². The molecule has 1 amide bonds. The maximum Gasteiger partial charge on any atom is 0.264 e. The summed E-state index contributed by atoms with van der Waals surface area (Å²) >= 11 is 0. The molecule has 0 aromatic heterocycles. The third-order valence-corrected chi connectivity index (χ3v) is 6.89. The van der Waals surface area contributed by atoms with E-state index >= 15 is 0 Å². The van der Waals surface area contributed by atoms with Gasteiger partial charge in [-0.15, -0.1) is 0 Å². The molecular weight excluding hydrogens is 400 g/mol. The standard InChI is InChI=1S/C23H32N2O4S/c1-5-6-7-15-24-23(26)14-16-25(20-9-11-21(29-4)12-10-20)30(27,28)22-13-8-18(2)19(3)17-22/h8-13,17H,5-7,14-16H2,1-4H3,(H,24,26). The minimum absolute atomic E-state index is 0.0567. The van der Waals surface area contributed by atoms with Gasteiger partial charge in [-0.05, 0) is 67.8 Å². The molecule has 30 heavy (non-hydrogen) atoms. The summed E-state index contributed by atoms with van der Waals surface area (Å²) in [5.41, 5.74) is 2.42. The average Bonchev–Trinajstić information content (AvgIpc) is 2.73. The van der Waals surface area contributed by atoms with Gasteiger partial charge in [0, 0.05) is 19.5 Å². The number of hydrogen-bond donors (Lipinski definition) is 1. The predicted molar refractivity (Wildman–Crippen MR) is 121 cm³/mol. The van der Waals surface area contributed by atoms with Gasteiger partial charge in [0.2, 0.25) is 5.91 Å². The summed E-state index contributed by atoms with van der Waals surface area (Å²) in [5, 5.41) is 2.87. The maximum absolute atomic E-state index is 13.4. The van der Waals surface area contributed by atoms with Crippen molar-refractivity contribution in [3.8, 4) is 5.75 Å². The van der Waals surface area contributed by atoms with Gasteiger partial charge in [-0.2, -0.15) is 0 Å². The summed E-state index contributed by atoms with van der Waals surface area (Å²) in [6, 6.07) is 11.9. The number of nitrogens with one attached hydrogen (secondary N) is 1. The molecule has 0 unspecified atom stereocenters. The molecule has 0 saturated carbocycles. The first kappa shape index (κ1) is 23.7. The third kappa shape index (κ3) is 6.23. The quantitative estimate of drug-likeness (QED) is 0.540. The molecule has 0 heterocycles. The lowest BCUT2D eigenvalue weighted by atomic mass is 10.1. The lowest BCUT2D eigenvalue weighted by Crippen LogP contribution is -2.35. The van der Waals surface area contributed by atoms with Crippen LogP contribution in [0.4, 0.5) is 5.69 Å². The topological polar surface area (TPSA) is 75.7 Å². The fraction of sp³-hybridized carbons (Fsp3) is 0.435. The second-order valence-corrected chi connectivity index (χ2v) is 9.19. The van der Waals surface area contributed by atoms with E-state index in [1.807, 2.05) is 13.8 Å². The molecule has 7 heteroatoms. The number of carbonyl (C=O) groups excluding carboxylic acids is 1. The Kier molecular flexibility index (Phi) is 8.72. The minimum Gasteiger partial charge on any atom is -0.497 e. The first-order chi connectivity index (χ1) is 14.3. The predicted octanol–water partition coefficient (Wildman–Crippen LogP) is 4.20. The number of rotatable bonds is 11. The van der Waals surface area contributed by atoms with Crippen molar-refractivity contribution in [2.24, 2.45) is 0 Å². The molecule has 0 aliphatic heterocycles. The SMILES string of the molecule is CCCCCNC(=O)CCN(c1ccc(OC)cc1)S(=O)(=O)c1ccc(C)c(C)c1. The molecule has 0 radical (unpaired) electrons. The van der Waals surface area contributed by atoms with Crippen molar-refractivity contribution in [3.63, 3.8) is 0 Å². The van der Waals surface area contributed by atoms with Crippen LogP contribution in [0.2, 0.25) is 0 Å². The van der Waals surface area contributed by atoms with E-state index in [1.165, 1.54) is 4.31 Å². The molecule has 2 aromatic carbocycles. The molecule has 0 fully saturated rings. The van der Waals surface area contributed by atoms with Gasteiger partial charge in [-0.1, -0.05) is 25.8 Å². The Bertz CT molecular complexity index is 940. The molecular formula is C23H32N2O4S. The number of ether oxygens (including phenoxy) is 1. The molecule has 0 atom stereocenters. The van der Waals surface area contributed by atoms with Crippen molar-refractivity contribution in [3.05, 3.63) is 53.6 Å². The molecule has 0 aliphatic carbocycles. The number of benzene rings is 2. The highest BCUT2D eigenvalue weighted by Crippen LogP contribution is 2.27. The fourth-order valence-corrected chi connectivity index (χ4v) is 4.58. The van der Waals surface area contributed by atoms with E-state index in [0.717, 1.165) is 30.4 Å². The Morgan fingerprint density at radius 1 is 1.03 bits per heavy atom. The molecule has 0 aliphatic rings. The van der Waals surface area contributed by atoms with Crippen LogP contribution in [-0.4, -0.2) is 34.5 Å². The van der Waals surface area contributed by atoms with Gasteiger partial charge in [0.05, 0.1) is 17.7 Å². The van der Waals surface area contributed by atoms with Crippen LogP contribution in [0.25, 0.3) is 0 Å². The molecule has 0 saturated heterocycles. The van der Waals surface area contributed by atoms with Gasteiger partial charge in [-0.3, -0.25) is 9.10 Å². The van der Waals surface area contributed by atoms with Gasteiger partial charge in [-0.25, -0.2) is 8.42 Å². The third-order valence-electron chi connectivity index (χ3n) is 5.07. The number of hydrogen-bond acceptors (Lipinski definition) is 4. The van der Waals surface area contributed by atoms with Gasteiger partial charge >= 0.3 is 0 Å². The summed E-state index contributed by atoms with van der Waals surface area (Å²) in [4.78, 5) is 12.5. The van der Waals surface area contributed by atoms with E-state index in [-0.39, 0.29) is 23.8 Å². The molecule has 2 aromatic rings. The van der Waals surface area contributed by atoms with Crippen LogP contribution in [0.5, 0.6) is 5.75 Å². The fourth-order valence-electron chi connectivity index (χ4n) is 3.03. The molecule has 164 valence electrons. The number of methoxy groups -OCH3 is 1. The van der Waals surface area contributed by atoms with Crippen molar-refractivity contribution >= 4 is 21.6 Å². The Balaban J connectivity index is 2.26. The Hall–Kier alpha value is -2.54. The number of anilines is 1. The van der Waals surface area contributed by atoms with E-state index in [2.05, 4.69) is 12.2 Å². The Labute approximate surface area is 180 Å². The van der Waals surface area contributed by atoms with E-state index in [4.69, 9.17) is 4.74 Å². The largest absolute Gasteiger partial charge is 0.497 e. The zero-order valence-electron chi connectivity index (χ0n) is 18.3. The minimum atomic E-state index is -3.83. The van der Waals surface area contributed by atoms with Crippen LogP contribution in [0.3, 0.4) is 0 Å². The highest BCUT2D eigenvalue weighted by Gasteiger charge is 2.26. The van der Waals surface area contributed by atoms with Crippen LogP contribution in [0.15, 0.2) is 47.4 Å². The first-order valence-electron chi connectivity index (χ1n) is 10.3. The number of unbranched alkanes of at least 4 members (excludes halogenated alkanes) is 2. The van der Waals surface area contributed by atoms with E-state index < -0.39 is 10.0 Å². The van der Waals surface area contributed by atoms with E-state index in [9.17, 15) is 13.2 Å². The Morgan fingerprint density at radius 2 is 1.73 bits per heavy atom. The summed E-state index contributed by atoms with van der Waals surface area (Å²) in [7, 11) is -2.27. The van der Waals surface area contributed by atoms with Crippen LogP contribution in [0.1, 0.15) is 43.7 Å². The first-order valence-corrected chi connectivity index (χ1v) is 11.7. The van der Waals surface area contributed by atoms with E-state index in [1.54, 1.807) is 49.6 Å². The zero-order valence-corrected chi connectivity index (χ0v) is 19.1. The van der Waals surface area contributed by atoms with Crippen molar-refractivity contribution in [1.82, 2.24) is 5.32 Å². The van der Waals surface area contributed by atoms with Gasteiger partial charge in [0.25, 0.3) is 10.0 Å². The molecule has 0 bridgehead atoms. The highest BCUT2D eigenvalue weighted by molar-refractivity contribution is 7.92. The van der Waals surface area contributed by atoms with E-state index in [0.29, 0.717) is 18.0 Å².